The average molecular weight is 367 g/mol. The molecule has 122 valence electrons. The molecule has 0 aliphatic rings. The van der Waals surface area contributed by atoms with E-state index in [1.165, 1.54) is 34.8 Å². The van der Waals surface area contributed by atoms with Crippen LogP contribution < -0.4 is 4.80 Å². The first kappa shape index (κ1) is 15.7. The molecule has 2 aromatic heterocycles. The number of halogens is 1. The van der Waals surface area contributed by atoms with Crippen LogP contribution >= 0.6 is 22.7 Å². The van der Waals surface area contributed by atoms with Crippen molar-refractivity contribution in [2.45, 2.75) is 6.54 Å². The summed E-state index contributed by atoms with van der Waals surface area (Å²) in [4.78, 5) is 21.5. The van der Waals surface area contributed by atoms with Gasteiger partial charge in [0.05, 0.1) is 27.0 Å². The van der Waals surface area contributed by atoms with Crippen LogP contribution in [0.25, 0.3) is 20.4 Å². The monoisotopic (exact) mass is 367 g/mol. The molecule has 0 unspecified atom stereocenters. The number of benzene rings is 2. The summed E-state index contributed by atoms with van der Waals surface area (Å²) >= 11 is 2.52. The first-order chi connectivity index (χ1) is 12.2. The number of carbonyl (C=O) groups is 1. The highest BCUT2D eigenvalue weighted by atomic mass is 32.1. The van der Waals surface area contributed by atoms with E-state index in [4.69, 9.17) is 6.42 Å². The molecule has 1 amide bonds. The summed E-state index contributed by atoms with van der Waals surface area (Å²) in [5.41, 5.74) is 1.51. The van der Waals surface area contributed by atoms with Crippen molar-refractivity contribution >= 4 is 49.0 Å². The zero-order valence-electron chi connectivity index (χ0n) is 12.8. The molecule has 0 aliphatic carbocycles. The van der Waals surface area contributed by atoms with Crippen molar-refractivity contribution in [3.63, 3.8) is 0 Å². The number of hydrogen-bond donors (Lipinski definition) is 0. The predicted octanol–water partition coefficient (Wildman–Crippen LogP) is 3.83. The van der Waals surface area contributed by atoms with Crippen molar-refractivity contribution in [1.29, 1.82) is 0 Å². The van der Waals surface area contributed by atoms with Gasteiger partial charge in [0.1, 0.15) is 5.82 Å². The molecule has 0 atom stereocenters. The number of thiazole rings is 2. The first-order valence-corrected chi connectivity index (χ1v) is 8.96. The Balaban J connectivity index is 1.86. The van der Waals surface area contributed by atoms with Gasteiger partial charge in [0.25, 0.3) is 0 Å². The van der Waals surface area contributed by atoms with E-state index in [-0.39, 0.29) is 12.4 Å². The van der Waals surface area contributed by atoms with Crippen LogP contribution in [0.3, 0.4) is 0 Å². The fraction of sp³-hybridized carbons (Fsp3) is 0.0556. The van der Waals surface area contributed by atoms with E-state index in [0.717, 1.165) is 15.7 Å². The highest BCUT2D eigenvalue weighted by Gasteiger charge is 2.13. The number of carbonyl (C=O) groups excluding carboxylic acids is 1. The zero-order chi connectivity index (χ0) is 17.4. The second-order valence-corrected chi connectivity index (χ2v) is 7.23. The van der Waals surface area contributed by atoms with Gasteiger partial charge in [0.2, 0.25) is 0 Å². The Kier molecular flexibility index (Phi) is 3.92. The predicted molar refractivity (Wildman–Crippen MR) is 98.1 cm³/mol. The van der Waals surface area contributed by atoms with Crippen molar-refractivity contribution in [3.05, 3.63) is 58.1 Å². The molecule has 0 spiro atoms. The number of terminal acetylenes is 1. The molecule has 0 bridgehead atoms. The number of aromatic nitrogens is 2. The van der Waals surface area contributed by atoms with E-state index in [9.17, 15) is 9.18 Å². The zero-order valence-corrected chi connectivity index (χ0v) is 14.4. The van der Waals surface area contributed by atoms with Gasteiger partial charge in [-0.15, -0.1) is 17.8 Å². The van der Waals surface area contributed by atoms with Gasteiger partial charge in [-0.05, 0) is 30.3 Å². The van der Waals surface area contributed by atoms with E-state index in [1.54, 1.807) is 10.6 Å². The molecular formula is C18H10FN3OS2. The van der Waals surface area contributed by atoms with Crippen molar-refractivity contribution in [2.75, 3.05) is 0 Å². The topological polar surface area (TPSA) is 47.2 Å². The second kappa shape index (κ2) is 6.24. The van der Waals surface area contributed by atoms with Gasteiger partial charge in [-0.1, -0.05) is 29.4 Å². The van der Waals surface area contributed by atoms with Crippen LogP contribution in [0.2, 0.25) is 0 Å². The van der Waals surface area contributed by atoms with Gasteiger partial charge in [-0.2, -0.15) is 4.99 Å². The van der Waals surface area contributed by atoms with E-state index in [0.29, 0.717) is 14.5 Å². The maximum Gasteiger partial charge on any atom is 0.308 e. The van der Waals surface area contributed by atoms with Gasteiger partial charge >= 0.3 is 5.91 Å². The van der Waals surface area contributed by atoms with Crippen LogP contribution in [0.5, 0.6) is 0 Å². The first-order valence-electron chi connectivity index (χ1n) is 7.33. The molecule has 4 rings (SSSR count). The van der Waals surface area contributed by atoms with Gasteiger partial charge in [0, 0.05) is 0 Å². The smallest absolute Gasteiger partial charge is 0.305 e. The molecule has 0 aliphatic heterocycles. The van der Waals surface area contributed by atoms with Gasteiger partial charge < -0.3 is 4.57 Å². The quantitative estimate of drug-likeness (QED) is 0.506. The van der Waals surface area contributed by atoms with E-state index < -0.39 is 5.91 Å². The van der Waals surface area contributed by atoms with E-state index in [1.807, 2.05) is 24.3 Å². The Hall–Kier alpha value is -2.82. The summed E-state index contributed by atoms with van der Waals surface area (Å²) in [7, 11) is 0. The molecule has 25 heavy (non-hydrogen) atoms. The molecule has 0 fully saturated rings. The Morgan fingerprint density at radius 2 is 2.08 bits per heavy atom. The standard InChI is InChI=1S/C18H10FN3OS2/c1-2-9-22-13-8-7-11(19)10-15(13)25-18(22)21-16(23)17-20-12-5-3-4-6-14(12)24-17/h1,3-8,10H,9H2. The van der Waals surface area contributed by atoms with Crippen molar-refractivity contribution < 1.29 is 9.18 Å². The summed E-state index contributed by atoms with van der Waals surface area (Å²) in [6, 6.07) is 11.9. The minimum atomic E-state index is -0.431. The summed E-state index contributed by atoms with van der Waals surface area (Å²) in [6.45, 7) is 0.248. The lowest BCUT2D eigenvalue weighted by molar-refractivity contribution is 0.0997. The highest BCUT2D eigenvalue weighted by Crippen LogP contribution is 2.22. The maximum absolute atomic E-state index is 13.5. The minimum absolute atomic E-state index is 0.248. The third kappa shape index (κ3) is 2.86. The Morgan fingerprint density at radius 1 is 1.24 bits per heavy atom. The summed E-state index contributed by atoms with van der Waals surface area (Å²) in [5.74, 6) is 1.77. The fourth-order valence-electron chi connectivity index (χ4n) is 2.47. The van der Waals surface area contributed by atoms with Crippen LogP contribution in [0.15, 0.2) is 47.5 Å². The van der Waals surface area contributed by atoms with Crippen LogP contribution in [-0.4, -0.2) is 15.5 Å². The fourth-order valence-corrected chi connectivity index (χ4v) is 4.38. The maximum atomic E-state index is 13.5. The SMILES string of the molecule is C#CCn1c(=NC(=O)c2nc3ccccc3s2)sc2cc(F)ccc21. The molecule has 0 saturated heterocycles. The van der Waals surface area contributed by atoms with Gasteiger partial charge in [-0.3, -0.25) is 4.79 Å². The number of amides is 1. The number of rotatable bonds is 2. The molecule has 4 nitrogen and oxygen atoms in total. The number of hydrogen-bond acceptors (Lipinski definition) is 4. The van der Waals surface area contributed by atoms with Crippen LogP contribution in [-0.2, 0) is 6.54 Å². The van der Waals surface area contributed by atoms with Crippen molar-refractivity contribution in [3.8, 4) is 12.3 Å². The molecule has 0 N–H and O–H groups in total. The molecule has 7 heteroatoms. The minimum Gasteiger partial charge on any atom is -0.305 e. The normalized spacial score (nSPS) is 11.9. The lowest BCUT2D eigenvalue weighted by atomic mass is 10.3. The van der Waals surface area contributed by atoms with Crippen LogP contribution in [0, 0.1) is 18.2 Å². The lowest BCUT2D eigenvalue weighted by Crippen LogP contribution is -2.16. The second-order valence-electron chi connectivity index (χ2n) is 5.19. The van der Waals surface area contributed by atoms with Crippen molar-refractivity contribution in [1.82, 2.24) is 9.55 Å². The molecular weight excluding hydrogens is 357 g/mol. The van der Waals surface area contributed by atoms with E-state index >= 15 is 0 Å². The molecule has 0 saturated carbocycles. The average Bonchev–Trinajstić information content (AvgIpc) is 3.17. The number of para-hydroxylation sites is 1. The third-order valence-corrected chi connectivity index (χ3v) is 5.63. The lowest BCUT2D eigenvalue weighted by Gasteiger charge is -1.98. The molecule has 0 radical (unpaired) electrons. The Labute approximate surface area is 149 Å². The van der Waals surface area contributed by atoms with Gasteiger partial charge in [0.15, 0.2) is 9.81 Å². The molecule has 2 aromatic carbocycles. The summed E-state index contributed by atoms with van der Waals surface area (Å²) < 4.78 is 16.8. The van der Waals surface area contributed by atoms with Crippen LogP contribution in [0.1, 0.15) is 9.80 Å². The highest BCUT2D eigenvalue weighted by molar-refractivity contribution is 7.20. The largest absolute Gasteiger partial charge is 0.308 e. The molecule has 4 aromatic rings. The Morgan fingerprint density at radius 3 is 2.88 bits per heavy atom. The number of fused-ring (bicyclic) bond motifs is 2. The summed E-state index contributed by atoms with van der Waals surface area (Å²) in [5, 5.41) is 0.317. The number of nitrogens with zero attached hydrogens (tertiary/aromatic N) is 3. The third-order valence-electron chi connectivity index (χ3n) is 3.57. The molecule has 2 heterocycles. The van der Waals surface area contributed by atoms with Crippen molar-refractivity contribution in [2.24, 2.45) is 4.99 Å². The van der Waals surface area contributed by atoms with E-state index in [2.05, 4.69) is 15.9 Å². The van der Waals surface area contributed by atoms with Gasteiger partial charge in [-0.25, -0.2) is 9.37 Å². The Bertz CT molecular complexity index is 1190. The summed E-state index contributed by atoms with van der Waals surface area (Å²) in [6.07, 6.45) is 5.43. The van der Waals surface area contributed by atoms with Crippen LogP contribution in [0.4, 0.5) is 4.39 Å².